The molecule has 7 heteroatoms. The molecule has 1 amide bonds. The van der Waals surface area contributed by atoms with E-state index in [-0.39, 0.29) is 19.0 Å². The summed E-state index contributed by atoms with van der Waals surface area (Å²) < 4.78 is 12.0. The molecule has 0 aliphatic rings. The molecule has 3 atom stereocenters. The van der Waals surface area contributed by atoms with Crippen molar-refractivity contribution in [2.75, 3.05) is 19.8 Å². The lowest BCUT2D eigenvalue weighted by Crippen LogP contribution is -2.40. The molecule has 3 N–H and O–H groups in total. The molecule has 0 aromatic heterocycles. The second-order valence-electron chi connectivity index (χ2n) is 5.83. The fourth-order valence-corrected chi connectivity index (χ4v) is 3.12. The molecule has 3 unspecified atom stereocenters. The summed E-state index contributed by atoms with van der Waals surface area (Å²) in [6, 6.07) is 0. The molecule has 138 valence electrons. The summed E-state index contributed by atoms with van der Waals surface area (Å²) in [6.45, 7) is 8.58. The number of hydrogen-bond donors (Lipinski definition) is 3. The minimum Gasteiger partial charge on any atom is -0.343 e. The predicted octanol–water partition coefficient (Wildman–Crippen LogP) is 3.14. The van der Waals surface area contributed by atoms with Crippen molar-refractivity contribution >= 4 is 13.3 Å². The summed E-state index contributed by atoms with van der Waals surface area (Å²) in [5, 5.41) is 12.7. The molecule has 0 aliphatic carbocycles. The van der Waals surface area contributed by atoms with Crippen molar-refractivity contribution in [3.05, 3.63) is 37.0 Å². The Hall–Kier alpha value is -1.20. The largest absolute Gasteiger partial charge is 0.343 e. The maximum Gasteiger partial charge on any atom is 0.259 e. The van der Waals surface area contributed by atoms with E-state index in [2.05, 4.69) is 18.0 Å². The summed E-state index contributed by atoms with van der Waals surface area (Å²) >= 11 is 0. The first-order valence-electron chi connectivity index (χ1n) is 8.19. The fourth-order valence-electron chi connectivity index (χ4n) is 2.06. The van der Waals surface area contributed by atoms with Crippen molar-refractivity contribution in [3.8, 4) is 0 Å². The van der Waals surface area contributed by atoms with Crippen molar-refractivity contribution in [1.82, 2.24) is 10.4 Å². The lowest BCUT2D eigenvalue weighted by Gasteiger charge is -2.23. The predicted molar refractivity (Wildman–Crippen MR) is 98.2 cm³/mol. The van der Waals surface area contributed by atoms with Crippen LogP contribution in [0.25, 0.3) is 0 Å². The van der Waals surface area contributed by atoms with Crippen molar-refractivity contribution in [1.29, 1.82) is 0 Å². The van der Waals surface area contributed by atoms with Crippen LogP contribution >= 0.6 is 7.37 Å². The quantitative estimate of drug-likeness (QED) is 0.164. The molecule has 0 saturated heterocycles. The van der Waals surface area contributed by atoms with Crippen molar-refractivity contribution in [2.24, 2.45) is 5.92 Å². The number of amides is 1. The van der Waals surface area contributed by atoms with Crippen LogP contribution in [0.1, 0.15) is 33.1 Å². The standard InChI is InChI=1S/C17H31N2O4P/c1-5-7-8-9-10-11-15(3)12-13-16(24(4,22)23)18-14-17(20)19(21)6-2/h5,7-8,10-11,15-16,18,21H,1,6,9,12-14H2,2-4H3,(H,22,23)/b8-7-,11-10-. The van der Waals surface area contributed by atoms with Crippen molar-refractivity contribution in [2.45, 2.75) is 38.9 Å². The van der Waals surface area contributed by atoms with Gasteiger partial charge in [-0.05, 0) is 32.1 Å². The average Bonchev–Trinajstić information content (AvgIpc) is 2.52. The van der Waals surface area contributed by atoms with E-state index in [4.69, 9.17) is 0 Å². The molecule has 6 nitrogen and oxygen atoms in total. The van der Waals surface area contributed by atoms with Gasteiger partial charge in [-0.15, -0.1) is 0 Å². The second kappa shape index (κ2) is 12.2. The van der Waals surface area contributed by atoms with Gasteiger partial charge >= 0.3 is 0 Å². The first kappa shape index (κ1) is 22.8. The number of hydrogen-bond acceptors (Lipinski definition) is 4. The van der Waals surface area contributed by atoms with Crippen LogP contribution in [-0.2, 0) is 9.36 Å². The van der Waals surface area contributed by atoms with Crippen LogP contribution in [0.5, 0.6) is 0 Å². The normalized spacial score (nSPS) is 16.9. The highest BCUT2D eigenvalue weighted by molar-refractivity contribution is 7.57. The van der Waals surface area contributed by atoms with E-state index in [9.17, 15) is 19.5 Å². The van der Waals surface area contributed by atoms with E-state index in [0.29, 0.717) is 11.5 Å². The van der Waals surface area contributed by atoms with Gasteiger partial charge in [-0.3, -0.25) is 19.9 Å². The lowest BCUT2D eigenvalue weighted by atomic mass is 10.0. The Bertz CT molecular complexity index is 485. The van der Waals surface area contributed by atoms with Gasteiger partial charge in [0.05, 0.1) is 12.3 Å². The van der Waals surface area contributed by atoms with Crippen LogP contribution in [0, 0.1) is 5.92 Å². The van der Waals surface area contributed by atoms with Gasteiger partial charge in [-0.2, -0.15) is 0 Å². The molecule has 0 aromatic carbocycles. The topological polar surface area (TPSA) is 89.9 Å². The molecule has 0 rings (SSSR count). The Morgan fingerprint density at radius 3 is 2.58 bits per heavy atom. The van der Waals surface area contributed by atoms with Gasteiger partial charge in [0, 0.05) is 13.2 Å². The second-order valence-corrected chi connectivity index (χ2v) is 8.34. The molecule has 0 fully saturated rings. The lowest BCUT2D eigenvalue weighted by molar-refractivity contribution is -0.163. The third kappa shape index (κ3) is 10.6. The Labute approximate surface area is 145 Å². The van der Waals surface area contributed by atoms with Crippen LogP contribution < -0.4 is 5.32 Å². The first-order valence-corrected chi connectivity index (χ1v) is 10.4. The molecular weight excluding hydrogens is 327 g/mol. The monoisotopic (exact) mass is 358 g/mol. The smallest absolute Gasteiger partial charge is 0.259 e. The third-order valence-electron chi connectivity index (χ3n) is 3.56. The van der Waals surface area contributed by atoms with Gasteiger partial charge < -0.3 is 4.89 Å². The minimum absolute atomic E-state index is 0.163. The number of nitrogens with zero attached hydrogens (tertiary/aromatic N) is 1. The van der Waals surface area contributed by atoms with Crippen LogP contribution in [0.2, 0.25) is 0 Å². The van der Waals surface area contributed by atoms with E-state index < -0.39 is 19.1 Å². The van der Waals surface area contributed by atoms with Crippen LogP contribution in [0.4, 0.5) is 0 Å². The van der Waals surface area contributed by atoms with Gasteiger partial charge in [0.2, 0.25) is 7.37 Å². The maximum absolute atomic E-state index is 12.0. The Morgan fingerprint density at radius 2 is 2.04 bits per heavy atom. The highest BCUT2D eigenvalue weighted by atomic mass is 31.2. The van der Waals surface area contributed by atoms with E-state index in [1.54, 1.807) is 13.0 Å². The Kier molecular flexibility index (Phi) is 11.6. The Balaban J connectivity index is 4.44. The molecule has 0 bridgehead atoms. The first-order chi connectivity index (χ1) is 11.2. The van der Waals surface area contributed by atoms with E-state index in [1.165, 1.54) is 6.66 Å². The van der Waals surface area contributed by atoms with Crippen LogP contribution in [0.15, 0.2) is 37.0 Å². The van der Waals surface area contributed by atoms with Gasteiger partial charge in [-0.1, -0.05) is 43.9 Å². The average molecular weight is 358 g/mol. The molecule has 0 heterocycles. The maximum atomic E-state index is 12.0. The zero-order chi connectivity index (χ0) is 18.6. The summed E-state index contributed by atoms with van der Waals surface area (Å²) in [6.07, 6.45) is 11.7. The number of allylic oxidation sites excluding steroid dienone is 5. The molecule has 0 radical (unpaired) electrons. The van der Waals surface area contributed by atoms with Crippen molar-refractivity contribution in [3.63, 3.8) is 0 Å². The third-order valence-corrected chi connectivity index (χ3v) is 5.16. The molecule has 0 saturated carbocycles. The molecule has 0 spiro atoms. The molecular formula is C17H31N2O4P. The van der Waals surface area contributed by atoms with Gasteiger partial charge in [0.1, 0.15) is 0 Å². The number of carbonyl (C=O) groups excluding carboxylic acids is 1. The number of likely N-dealkylation sites (N-methyl/N-ethyl adjacent to an activating group) is 1. The molecule has 24 heavy (non-hydrogen) atoms. The Morgan fingerprint density at radius 1 is 1.38 bits per heavy atom. The highest BCUT2D eigenvalue weighted by Crippen LogP contribution is 2.42. The summed E-state index contributed by atoms with van der Waals surface area (Å²) in [4.78, 5) is 21.4. The molecule has 0 aliphatic heterocycles. The highest BCUT2D eigenvalue weighted by Gasteiger charge is 2.26. The molecule has 0 aromatic rings. The van der Waals surface area contributed by atoms with Gasteiger partial charge in [0.25, 0.3) is 5.91 Å². The zero-order valence-electron chi connectivity index (χ0n) is 14.9. The summed E-state index contributed by atoms with van der Waals surface area (Å²) in [5.41, 5.74) is 0. The number of nitrogens with one attached hydrogen (secondary N) is 1. The minimum atomic E-state index is -3.38. The van der Waals surface area contributed by atoms with E-state index in [1.807, 2.05) is 25.2 Å². The van der Waals surface area contributed by atoms with Crippen molar-refractivity contribution < 1.29 is 19.5 Å². The van der Waals surface area contributed by atoms with Crippen LogP contribution in [0.3, 0.4) is 0 Å². The fraction of sp³-hybridized carbons (Fsp3) is 0.588. The van der Waals surface area contributed by atoms with Gasteiger partial charge in [0.15, 0.2) is 0 Å². The van der Waals surface area contributed by atoms with Gasteiger partial charge in [-0.25, -0.2) is 5.06 Å². The summed E-state index contributed by atoms with van der Waals surface area (Å²) in [5.74, 6) is -0.917. The SMILES string of the molecule is C=C/C=C\C/C=C\C(C)CCC(NCC(=O)N(O)CC)P(C)(=O)O. The number of carbonyl (C=O) groups is 1. The summed E-state index contributed by atoms with van der Waals surface area (Å²) in [7, 11) is -3.38. The number of hydroxylamine groups is 2. The zero-order valence-corrected chi connectivity index (χ0v) is 15.8. The van der Waals surface area contributed by atoms with Crippen LogP contribution in [-0.4, -0.2) is 46.6 Å². The van der Waals surface area contributed by atoms with E-state index >= 15 is 0 Å². The van der Waals surface area contributed by atoms with E-state index in [0.717, 1.165) is 12.8 Å². The number of rotatable bonds is 12.